The predicted octanol–water partition coefficient (Wildman–Crippen LogP) is 2.86. The van der Waals surface area contributed by atoms with E-state index in [4.69, 9.17) is 0 Å². The number of nitrogens with zero attached hydrogens (tertiary/aromatic N) is 1. The third kappa shape index (κ3) is 4.96. The zero-order valence-corrected chi connectivity index (χ0v) is 12.6. The highest BCUT2D eigenvalue weighted by atomic mass is 32.2. The Kier molecular flexibility index (Phi) is 6.11. The molecule has 0 aliphatic heterocycles. The number of aromatic nitrogens is 1. The largest absolute Gasteiger partial charge is 0.480 e. The highest BCUT2D eigenvalue weighted by Gasteiger charge is 2.32. The molecule has 1 aromatic rings. The van der Waals surface area contributed by atoms with E-state index in [0.29, 0.717) is 6.42 Å². The standard InChI is InChI=1S/C12H20N2O2S2/c1-9(2)14-12(3,10(15)16)5-4-7-17-11-13-6-8-18-11/h6,8-9,14H,4-5,7H2,1-3H3,(H,15,16). The van der Waals surface area contributed by atoms with Crippen molar-refractivity contribution in [1.82, 2.24) is 10.3 Å². The van der Waals surface area contributed by atoms with Gasteiger partial charge in [-0.25, -0.2) is 4.98 Å². The lowest BCUT2D eigenvalue weighted by Gasteiger charge is -2.28. The van der Waals surface area contributed by atoms with Crippen LogP contribution in [0.25, 0.3) is 0 Å². The summed E-state index contributed by atoms with van der Waals surface area (Å²) in [4.78, 5) is 15.5. The Morgan fingerprint density at radius 3 is 2.89 bits per heavy atom. The minimum atomic E-state index is -0.836. The zero-order chi connectivity index (χ0) is 13.6. The summed E-state index contributed by atoms with van der Waals surface area (Å²) in [7, 11) is 0. The number of thiazole rings is 1. The van der Waals surface area contributed by atoms with Gasteiger partial charge in [0.1, 0.15) is 9.88 Å². The van der Waals surface area contributed by atoms with Gasteiger partial charge in [0.25, 0.3) is 0 Å². The van der Waals surface area contributed by atoms with Crippen molar-refractivity contribution in [2.45, 2.75) is 49.5 Å². The van der Waals surface area contributed by atoms with E-state index >= 15 is 0 Å². The van der Waals surface area contributed by atoms with Gasteiger partial charge in [-0.15, -0.1) is 11.3 Å². The lowest BCUT2D eigenvalue weighted by atomic mass is 9.95. The molecule has 1 rings (SSSR count). The molecule has 0 aromatic carbocycles. The summed E-state index contributed by atoms with van der Waals surface area (Å²) in [6, 6.07) is 0.165. The van der Waals surface area contributed by atoms with Crippen LogP contribution in [0.2, 0.25) is 0 Å². The molecule has 0 bridgehead atoms. The molecule has 0 aliphatic carbocycles. The molecule has 1 atom stereocenters. The van der Waals surface area contributed by atoms with Crippen LogP contribution < -0.4 is 5.32 Å². The van der Waals surface area contributed by atoms with E-state index in [0.717, 1.165) is 16.5 Å². The minimum absolute atomic E-state index is 0.165. The van der Waals surface area contributed by atoms with Crippen molar-refractivity contribution in [1.29, 1.82) is 0 Å². The van der Waals surface area contributed by atoms with Crippen LogP contribution in [0.5, 0.6) is 0 Å². The van der Waals surface area contributed by atoms with Crippen molar-refractivity contribution in [3.63, 3.8) is 0 Å². The van der Waals surface area contributed by atoms with Crippen molar-refractivity contribution in [3.05, 3.63) is 11.6 Å². The van der Waals surface area contributed by atoms with Crippen molar-refractivity contribution in [3.8, 4) is 0 Å². The van der Waals surface area contributed by atoms with E-state index in [-0.39, 0.29) is 6.04 Å². The van der Waals surface area contributed by atoms with Gasteiger partial charge >= 0.3 is 5.97 Å². The number of thioether (sulfide) groups is 1. The quantitative estimate of drug-likeness (QED) is 0.569. The van der Waals surface area contributed by atoms with Crippen molar-refractivity contribution in [2.24, 2.45) is 0 Å². The van der Waals surface area contributed by atoms with Crippen molar-refractivity contribution in [2.75, 3.05) is 5.75 Å². The third-order valence-corrected chi connectivity index (χ3v) is 4.59. The molecule has 0 radical (unpaired) electrons. The Bertz CT molecular complexity index is 368. The molecule has 6 heteroatoms. The SMILES string of the molecule is CC(C)NC(C)(CCCSc1nccs1)C(=O)O. The molecule has 2 N–H and O–H groups in total. The lowest BCUT2D eigenvalue weighted by molar-refractivity contribution is -0.144. The second kappa shape index (κ2) is 7.11. The molecule has 4 nitrogen and oxygen atoms in total. The number of hydrogen-bond acceptors (Lipinski definition) is 5. The molecule has 1 heterocycles. The van der Waals surface area contributed by atoms with E-state index in [1.165, 1.54) is 0 Å². The maximum atomic E-state index is 11.3. The fourth-order valence-corrected chi connectivity index (χ4v) is 3.39. The number of nitrogens with one attached hydrogen (secondary N) is 1. The summed E-state index contributed by atoms with van der Waals surface area (Å²) in [6.07, 6.45) is 3.26. The molecule has 0 fully saturated rings. The fourth-order valence-electron chi connectivity index (χ4n) is 1.74. The summed E-state index contributed by atoms with van der Waals surface area (Å²) in [5, 5.41) is 14.4. The van der Waals surface area contributed by atoms with Crippen LogP contribution in [0.1, 0.15) is 33.6 Å². The number of aliphatic carboxylic acids is 1. The molecule has 102 valence electrons. The van der Waals surface area contributed by atoms with E-state index < -0.39 is 11.5 Å². The first-order chi connectivity index (χ1) is 8.44. The van der Waals surface area contributed by atoms with Gasteiger partial charge in [0.2, 0.25) is 0 Å². The van der Waals surface area contributed by atoms with Crippen LogP contribution in [-0.2, 0) is 4.79 Å². The highest BCUT2D eigenvalue weighted by molar-refractivity contribution is 8.00. The molecule has 0 amide bonds. The molecular weight excluding hydrogens is 268 g/mol. The first kappa shape index (κ1) is 15.5. The van der Waals surface area contributed by atoms with Crippen LogP contribution in [0, 0.1) is 0 Å². The Hall–Kier alpha value is -0.590. The second-order valence-electron chi connectivity index (χ2n) is 4.69. The van der Waals surface area contributed by atoms with E-state index in [2.05, 4.69) is 10.3 Å². The van der Waals surface area contributed by atoms with Crippen molar-refractivity contribution < 1.29 is 9.90 Å². The molecule has 1 aromatic heterocycles. The van der Waals surface area contributed by atoms with Crippen LogP contribution >= 0.6 is 23.1 Å². The zero-order valence-electron chi connectivity index (χ0n) is 11.0. The van der Waals surface area contributed by atoms with Crippen LogP contribution in [0.4, 0.5) is 0 Å². The van der Waals surface area contributed by atoms with Gasteiger partial charge in [-0.3, -0.25) is 10.1 Å². The van der Waals surface area contributed by atoms with Gasteiger partial charge in [-0.2, -0.15) is 0 Å². The summed E-state index contributed by atoms with van der Waals surface area (Å²) >= 11 is 3.30. The minimum Gasteiger partial charge on any atom is -0.480 e. The fraction of sp³-hybridized carbons (Fsp3) is 0.667. The van der Waals surface area contributed by atoms with Gasteiger partial charge in [-0.1, -0.05) is 11.8 Å². The summed E-state index contributed by atoms with van der Waals surface area (Å²) in [5.41, 5.74) is -0.836. The van der Waals surface area contributed by atoms with Gasteiger partial charge in [0.05, 0.1) is 0 Å². The first-order valence-corrected chi connectivity index (χ1v) is 7.84. The summed E-state index contributed by atoms with van der Waals surface area (Å²) < 4.78 is 1.05. The second-order valence-corrected chi connectivity index (χ2v) is 6.92. The van der Waals surface area contributed by atoms with E-state index in [1.807, 2.05) is 19.2 Å². The van der Waals surface area contributed by atoms with Crippen molar-refractivity contribution >= 4 is 29.1 Å². The molecular formula is C12H20N2O2S2. The number of rotatable bonds is 8. The first-order valence-electron chi connectivity index (χ1n) is 5.97. The number of hydrogen-bond donors (Lipinski definition) is 2. The highest BCUT2D eigenvalue weighted by Crippen LogP contribution is 2.23. The van der Waals surface area contributed by atoms with Gasteiger partial charge in [-0.05, 0) is 33.6 Å². The molecule has 0 aliphatic rings. The number of carboxylic acids is 1. The van der Waals surface area contributed by atoms with Crippen LogP contribution in [-0.4, -0.2) is 33.4 Å². The van der Waals surface area contributed by atoms with Gasteiger partial charge < -0.3 is 5.11 Å². The van der Waals surface area contributed by atoms with Crippen LogP contribution in [0.15, 0.2) is 15.9 Å². The van der Waals surface area contributed by atoms with E-state index in [1.54, 1.807) is 36.2 Å². The molecule has 1 unspecified atom stereocenters. The Labute approximate surface area is 116 Å². The number of carbonyl (C=O) groups is 1. The topological polar surface area (TPSA) is 62.2 Å². The Morgan fingerprint density at radius 1 is 1.67 bits per heavy atom. The average Bonchev–Trinajstić information content (AvgIpc) is 2.76. The summed E-state index contributed by atoms with van der Waals surface area (Å²) in [6.45, 7) is 5.68. The smallest absolute Gasteiger partial charge is 0.323 e. The number of carboxylic acid groups (broad SMARTS) is 1. The van der Waals surface area contributed by atoms with Gasteiger partial charge in [0.15, 0.2) is 0 Å². The average molecular weight is 288 g/mol. The normalized spacial score (nSPS) is 14.7. The predicted molar refractivity (Wildman–Crippen MR) is 76.4 cm³/mol. The Morgan fingerprint density at radius 2 is 2.39 bits per heavy atom. The summed E-state index contributed by atoms with van der Waals surface area (Å²) in [5.74, 6) is 0.117. The van der Waals surface area contributed by atoms with Crippen LogP contribution in [0.3, 0.4) is 0 Å². The maximum Gasteiger partial charge on any atom is 0.323 e. The molecule has 0 saturated heterocycles. The third-order valence-electron chi connectivity index (χ3n) is 2.54. The van der Waals surface area contributed by atoms with E-state index in [9.17, 15) is 9.90 Å². The maximum absolute atomic E-state index is 11.3. The molecule has 18 heavy (non-hydrogen) atoms. The van der Waals surface area contributed by atoms with Gasteiger partial charge in [0, 0.05) is 23.4 Å². The molecule has 0 saturated carbocycles. The Balaban J connectivity index is 2.36. The monoisotopic (exact) mass is 288 g/mol. The molecule has 0 spiro atoms. The lowest BCUT2D eigenvalue weighted by Crippen LogP contribution is -2.52.